The molecule has 2 aliphatic heterocycles. The van der Waals surface area contributed by atoms with E-state index in [9.17, 15) is 4.79 Å². The number of carbonyl (C=O) groups is 1. The minimum Gasteiger partial charge on any atom is -0.491 e. The van der Waals surface area contributed by atoms with Gasteiger partial charge in [0.1, 0.15) is 19.0 Å². The van der Waals surface area contributed by atoms with E-state index in [1.54, 1.807) is 6.92 Å². The number of likely N-dealkylation sites (tertiary alicyclic amines) is 1. The number of benzene rings is 1. The van der Waals surface area contributed by atoms with Gasteiger partial charge < -0.3 is 19.7 Å². The second kappa shape index (κ2) is 8.20. The second-order valence-corrected chi connectivity index (χ2v) is 6.43. The molecule has 3 rings (SSSR count). The lowest BCUT2D eigenvalue weighted by atomic mass is 10.0. The van der Waals surface area contributed by atoms with Crippen molar-refractivity contribution in [2.75, 3.05) is 32.8 Å². The summed E-state index contributed by atoms with van der Waals surface area (Å²) in [4.78, 5) is 14.8. The van der Waals surface area contributed by atoms with Gasteiger partial charge >= 0.3 is 0 Å². The molecular formula is C19H26N2O3. The van der Waals surface area contributed by atoms with Crippen molar-refractivity contribution >= 4 is 5.91 Å². The highest BCUT2D eigenvalue weighted by Gasteiger charge is 2.25. The van der Waals surface area contributed by atoms with Gasteiger partial charge in [0.2, 0.25) is 5.76 Å². The number of allylic oxidation sites excluding steroid dienone is 1. The highest BCUT2D eigenvalue weighted by Crippen LogP contribution is 2.15. The first-order valence-electron chi connectivity index (χ1n) is 8.76. The Morgan fingerprint density at radius 2 is 2.04 bits per heavy atom. The number of nitrogens with one attached hydrogen (secondary N) is 1. The Morgan fingerprint density at radius 1 is 1.25 bits per heavy atom. The van der Waals surface area contributed by atoms with Crippen LogP contribution in [-0.4, -0.2) is 49.7 Å². The van der Waals surface area contributed by atoms with Crippen molar-refractivity contribution in [2.45, 2.75) is 32.2 Å². The first kappa shape index (κ1) is 16.8. The van der Waals surface area contributed by atoms with Gasteiger partial charge in [0.15, 0.2) is 0 Å². The fraction of sp³-hybridized carbons (Fsp3) is 0.526. The molecule has 1 saturated heterocycles. The third-order valence-corrected chi connectivity index (χ3v) is 4.57. The third-order valence-electron chi connectivity index (χ3n) is 4.57. The summed E-state index contributed by atoms with van der Waals surface area (Å²) in [5.74, 6) is 0.764. The van der Waals surface area contributed by atoms with Crippen LogP contribution in [0.25, 0.3) is 0 Å². The van der Waals surface area contributed by atoms with Gasteiger partial charge in [0.05, 0.1) is 0 Å². The van der Waals surface area contributed by atoms with Crippen molar-refractivity contribution in [3.05, 3.63) is 47.4 Å². The van der Waals surface area contributed by atoms with Crippen molar-refractivity contribution in [1.29, 1.82) is 0 Å². The van der Waals surface area contributed by atoms with E-state index in [-0.39, 0.29) is 11.9 Å². The molecule has 1 unspecified atom stereocenters. The molecule has 0 saturated carbocycles. The van der Waals surface area contributed by atoms with Crippen LogP contribution in [0.1, 0.15) is 25.3 Å². The van der Waals surface area contributed by atoms with Gasteiger partial charge in [-0.1, -0.05) is 30.3 Å². The van der Waals surface area contributed by atoms with Crippen LogP contribution in [0.5, 0.6) is 0 Å². The van der Waals surface area contributed by atoms with Crippen molar-refractivity contribution in [3.8, 4) is 0 Å². The van der Waals surface area contributed by atoms with E-state index in [0.29, 0.717) is 24.7 Å². The zero-order valence-corrected chi connectivity index (χ0v) is 14.3. The average molecular weight is 330 g/mol. The Labute approximate surface area is 143 Å². The minimum atomic E-state index is -0.151. The molecule has 1 aromatic carbocycles. The SMILES string of the molecule is CC1=C(C(=O)NC2CCCN(CCc3ccccc3)C2)OCCO1. The maximum atomic E-state index is 12.4. The Balaban J connectivity index is 1.49. The summed E-state index contributed by atoms with van der Waals surface area (Å²) in [7, 11) is 0. The maximum absolute atomic E-state index is 12.4. The summed E-state index contributed by atoms with van der Waals surface area (Å²) in [6.45, 7) is 5.75. The summed E-state index contributed by atoms with van der Waals surface area (Å²) in [5, 5.41) is 3.10. The number of carbonyl (C=O) groups excluding carboxylic acids is 1. The lowest BCUT2D eigenvalue weighted by molar-refractivity contribution is -0.123. The van der Waals surface area contributed by atoms with Crippen LogP contribution < -0.4 is 5.32 Å². The molecule has 0 radical (unpaired) electrons. The van der Waals surface area contributed by atoms with E-state index in [2.05, 4.69) is 34.5 Å². The fourth-order valence-electron chi connectivity index (χ4n) is 3.29. The number of piperidine rings is 1. The second-order valence-electron chi connectivity index (χ2n) is 6.43. The number of rotatable bonds is 5. The number of nitrogens with zero attached hydrogens (tertiary/aromatic N) is 1. The van der Waals surface area contributed by atoms with Crippen molar-refractivity contribution in [1.82, 2.24) is 10.2 Å². The van der Waals surface area contributed by atoms with Gasteiger partial charge in [-0.3, -0.25) is 4.79 Å². The predicted octanol–water partition coefficient (Wildman–Crippen LogP) is 2.09. The molecule has 5 heteroatoms. The highest BCUT2D eigenvalue weighted by atomic mass is 16.6. The maximum Gasteiger partial charge on any atom is 0.290 e. The summed E-state index contributed by atoms with van der Waals surface area (Å²) < 4.78 is 10.8. The van der Waals surface area contributed by atoms with Crippen LogP contribution in [-0.2, 0) is 20.7 Å². The number of ether oxygens (including phenoxy) is 2. The van der Waals surface area contributed by atoms with Crippen LogP contribution in [0.4, 0.5) is 0 Å². The average Bonchev–Trinajstić information content (AvgIpc) is 2.61. The first-order valence-corrected chi connectivity index (χ1v) is 8.76. The van der Waals surface area contributed by atoms with E-state index in [1.807, 2.05) is 6.07 Å². The smallest absolute Gasteiger partial charge is 0.290 e. The zero-order chi connectivity index (χ0) is 16.8. The summed E-state index contributed by atoms with van der Waals surface area (Å²) >= 11 is 0. The Hall–Kier alpha value is -2.01. The number of hydrogen-bond acceptors (Lipinski definition) is 4. The fourth-order valence-corrected chi connectivity index (χ4v) is 3.29. The molecule has 1 aromatic rings. The largest absolute Gasteiger partial charge is 0.491 e. The first-order chi connectivity index (χ1) is 11.7. The molecule has 130 valence electrons. The Kier molecular flexibility index (Phi) is 5.75. The van der Waals surface area contributed by atoms with Crippen LogP contribution in [0.15, 0.2) is 41.9 Å². The Morgan fingerprint density at radius 3 is 2.83 bits per heavy atom. The molecule has 0 spiro atoms. The minimum absolute atomic E-state index is 0.151. The topological polar surface area (TPSA) is 50.8 Å². The van der Waals surface area contributed by atoms with Gasteiger partial charge in [-0.2, -0.15) is 0 Å². The van der Waals surface area contributed by atoms with Crippen LogP contribution in [0.3, 0.4) is 0 Å². The highest BCUT2D eigenvalue weighted by molar-refractivity contribution is 5.92. The van der Waals surface area contributed by atoms with E-state index < -0.39 is 0 Å². The van der Waals surface area contributed by atoms with E-state index >= 15 is 0 Å². The van der Waals surface area contributed by atoms with Crippen LogP contribution in [0, 0.1) is 0 Å². The summed E-state index contributed by atoms with van der Waals surface area (Å²) in [6.07, 6.45) is 3.17. The quantitative estimate of drug-likeness (QED) is 0.898. The van der Waals surface area contributed by atoms with Gasteiger partial charge in [-0.25, -0.2) is 0 Å². The standard InChI is InChI=1S/C19H26N2O3/c1-15-18(24-13-12-23-15)19(22)20-17-8-5-10-21(14-17)11-9-16-6-3-2-4-7-16/h2-4,6-7,17H,5,8-14H2,1H3,(H,20,22). The lowest BCUT2D eigenvalue weighted by Gasteiger charge is -2.33. The third kappa shape index (κ3) is 4.51. The molecule has 24 heavy (non-hydrogen) atoms. The molecule has 0 aromatic heterocycles. The molecule has 5 nitrogen and oxygen atoms in total. The van der Waals surface area contributed by atoms with Gasteiger partial charge in [-0.15, -0.1) is 0 Å². The number of hydrogen-bond donors (Lipinski definition) is 1. The number of amides is 1. The summed E-state index contributed by atoms with van der Waals surface area (Å²) in [5.41, 5.74) is 1.36. The van der Waals surface area contributed by atoms with Crippen molar-refractivity contribution < 1.29 is 14.3 Å². The molecule has 1 fully saturated rings. The molecule has 0 bridgehead atoms. The van der Waals surface area contributed by atoms with Gasteiger partial charge in [0, 0.05) is 19.1 Å². The molecule has 2 heterocycles. The van der Waals surface area contributed by atoms with E-state index in [1.165, 1.54) is 5.56 Å². The molecular weight excluding hydrogens is 304 g/mol. The van der Waals surface area contributed by atoms with Crippen LogP contribution >= 0.6 is 0 Å². The van der Waals surface area contributed by atoms with Gasteiger partial charge in [-0.05, 0) is 38.3 Å². The van der Waals surface area contributed by atoms with Crippen LogP contribution in [0.2, 0.25) is 0 Å². The van der Waals surface area contributed by atoms with Crippen molar-refractivity contribution in [3.63, 3.8) is 0 Å². The molecule has 1 atom stereocenters. The van der Waals surface area contributed by atoms with Crippen molar-refractivity contribution in [2.24, 2.45) is 0 Å². The molecule has 1 N–H and O–H groups in total. The van der Waals surface area contributed by atoms with E-state index in [4.69, 9.17) is 9.47 Å². The molecule has 0 aliphatic carbocycles. The zero-order valence-electron chi connectivity index (χ0n) is 14.3. The molecule has 2 aliphatic rings. The summed E-state index contributed by atoms with van der Waals surface area (Å²) in [6, 6.07) is 10.7. The normalized spacial score (nSPS) is 21.8. The Bertz CT molecular complexity index is 586. The van der Waals surface area contributed by atoms with Gasteiger partial charge in [0.25, 0.3) is 5.91 Å². The lowest BCUT2D eigenvalue weighted by Crippen LogP contribution is -2.49. The molecule has 1 amide bonds. The monoisotopic (exact) mass is 330 g/mol. The van der Waals surface area contributed by atoms with E-state index in [0.717, 1.165) is 38.9 Å². The predicted molar refractivity (Wildman–Crippen MR) is 92.4 cm³/mol.